The first kappa shape index (κ1) is 14.6. The van der Waals surface area contributed by atoms with E-state index in [1.165, 1.54) is 0 Å². The van der Waals surface area contributed by atoms with Crippen molar-refractivity contribution in [3.63, 3.8) is 0 Å². The van der Waals surface area contributed by atoms with Gasteiger partial charge >= 0.3 is 0 Å². The SMILES string of the molecule is COC(C)Oc1cc2cccnc2cc1OC(C)OC. The highest BCUT2D eigenvalue weighted by Crippen LogP contribution is 2.33. The third-order valence-corrected chi connectivity index (χ3v) is 2.92. The van der Waals surface area contributed by atoms with E-state index in [0.717, 1.165) is 10.9 Å². The summed E-state index contributed by atoms with van der Waals surface area (Å²) in [4.78, 5) is 4.31. The molecule has 0 saturated heterocycles. The van der Waals surface area contributed by atoms with Crippen molar-refractivity contribution in [3.05, 3.63) is 30.5 Å². The van der Waals surface area contributed by atoms with Crippen molar-refractivity contribution in [2.45, 2.75) is 26.4 Å². The molecule has 2 aromatic rings. The van der Waals surface area contributed by atoms with E-state index in [9.17, 15) is 0 Å². The van der Waals surface area contributed by atoms with Gasteiger partial charge < -0.3 is 18.9 Å². The summed E-state index contributed by atoms with van der Waals surface area (Å²) in [6, 6.07) is 7.57. The standard InChI is InChI=1S/C15H19NO4/c1-10(17-3)19-14-8-12-6-5-7-16-13(12)9-15(14)20-11(2)18-4/h5-11H,1-4H3. The van der Waals surface area contributed by atoms with E-state index < -0.39 is 0 Å². The zero-order valence-electron chi connectivity index (χ0n) is 12.1. The third-order valence-electron chi connectivity index (χ3n) is 2.92. The van der Waals surface area contributed by atoms with E-state index in [2.05, 4.69) is 4.98 Å². The Bertz CT molecular complexity index is 522. The lowest BCUT2D eigenvalue weighted by molar-refractivity contribution is -0.0551. The fraction of sp³-hybridized carbons (Fsp3) is 0.400. The van der Waals surface area contributed by atoms with Crippen LogP contribution in [0.4, 0.5) is 0 Å². The Hall–Kier alpha value is -1.85. The molecule has 0 aliphatic carbocycles. The van der Waals surface area contributed by atoms with Crippen molar-refractivity contribution in [3.8, 4) is 11.5 Å². The van der Waals surface area contributed by atoms with Gasteiger partial charge in [-0.2, -0.15) is 0 Å². The average Bonchev–Trinajstić information content (AvgIpc) is 2.47. The quantitative estimate of drug-likeness (QED) is 0.760. The van der Waals surface area contributed by atoms with Crippen LogP contribution in [0.2, 0.25) is 0 Å². The molecule has 2 rings (SSSR count). The van der Waals surface area contributed by atoms with Gasteiger partial charge in [0.25, 0.3) is 0 Å². The van der Waals surface area contributed by atoms with Gasteiger partial charge in [0.2, 0.25) is 0 Å². The zero-order chi connectivity index (χ0) is 14.5. The number of aromatic nitrogens is 1. The molecule has 0 amide bonds. The first-order chi connectivity index (χ1) is 9.63. The number of pyridine rings is 1. The fourth-order valence-electron chi connectivity index (χ4n) is 1.72. The van der Waals surface area contributed by atoms with Crippen LogP contribution in [0.5, 0.6) is 11.5 Å². The number of hydrogen-bond donors (Lipinski definition) is 0. The van der Waals surface area contributed by atoms with Crippen LogP contribution in [-0.2, 0) is 9.47 Å². The van der Waals surface area contributed by atoms with Gasteiger partial charge in [-0.3, -0.25) is 4.98 Å². The normalized spacial score (nSPS) is 14.0. The summed E-state index contributed by atoms with van der Waals surface area (Å²) < 4.78 is 21.7. The van der Waals surface area contributed by atoms with E-state index in [0.29, 0.717) is 11.5 Å². The Morgan fingerprint density at radius 3 is 2.15 bits per heavy atom. The molecule has 0 spiro atoms. The van der Waals surface area contributed by atoms with Crippen LogP contribution < -0.4 is 9.47 Å². The molecule has 0 N–H and O–H groups in total. The van der Waals surface area contributed by atoms with Crippen LogP contribution in [0.15, 0.2) is 30.5 Å². The minimum Gasteiger partial charge on any atom is -0.461 e. The molecule has 20 heavy (non-hydrogen) atoms. The average molecular weight is 277 g/mol. The molecule has 2 unspecified atom stereocenters. The number of methoxy groups -OCH3 is 2. The molecule has 1 heterocycles. The van der Waals surface area contributed by atoms with Crippen molar-refractivity contribution in [2.24, 2.45) is 0 Å². The lowest BCUT2D eigenvalue weighted by Crippen LogP contribution is -2.17. The molecular weight excluding hydrogens is 258 g/mol. The second kappa shape index (κ2) is 6.54. The third kappa shape index (κ3) is 3.37. The van der Waals surface area contributed by atoms with Gasteiger partial charge in [-0.25, -0.2) is 0 Å². The van der Waals surface area contributed by atoms with Gasteiger partial charge in [-0.15, -0.1) is 0 Å². The molecule has 0 aliphatic heterocycles. The highest BCUT2D eigenvalue weighted by atomic mass is 16.7. The van der Waals surface area contributed by atoms with Crippen LogP contribution in [0, 0.1) is 0 Å². The van der Waals surface area contributed by atoms with E-state index in [1.807, 2.05) is 38.1 Å². The predicted octanol–water partition coefficient (Wildman–Crippen LogP) is 2.98. The van der Waals surface area contributed by atoms with Gasteiger partial charge in [0.05, 0.1) is 5.52 Å². The van der Waals surface area contributed by atoms with Crippen LogP contribution in [-0.4, -0.2) is 31.8 Å². The van der Waals surface area contributed by atoms with E-state index >= 15 is 0 Å². The van der Waals surface area contributed by atoms with Gasteiger partial charge in [-0.05, 0) is 26.0 Å². The van der Waals surface area contributed by atoms with Crippen molar-refractivity contribution < 1.29 is 18.9 Å². The summed E-state index contributed by atoms with van der Waals surface area (Å²) in [6.45, 7) is 3.63. The van der Waals surface area contributed by atoms with Crippen molar-refractivity contribution in [1.82, 2.24) is 4.98 Å². The maximum atomic E-state index is 5.72. The molecule has 5 heteroatoms. The lowest BCUT2D eigenvalue weighted by Gasteiger charge is -2.19. The topological polar surface area (TPSA) is 49.8 Å². The number of benzene rings is 1. The summed E-state index contributed by atoms with van der Waals surface area (Å²) in [5.74, 6) is 1.18. The van der Waals surface area contributed by atoms with Crippen molar-refractivity contribution in [2.75, 3.05) is 14.2 Å². The highest BCUT2D eigenvalue weighted by molar-refractivity contribution is 5.82. The van der Waals surface area contributed by atoms with Gasteiger partial charge in [-0.1, -0.05) is 6.07 Å². The number of fused-ring (bicyclic) bond motifs is 1. The van der Waals surface area contributed by atoms with Crippen LogP contribution >= 0.6 is 0 Å². The Balaban J connectivity index is 2.41. The van der Waals surface area contributed by atoms with Crippen molar-refractivity contribution in [1.29, 1.82) is 0 Å². The van der Waals surface area contributed by atoms with Gasteiger partial charge in [0, 0.05) is 31.9 Å². The minimum absolute atomic E-state index is 0.371. The molecule has 0 aliphatic rings. The smallest absolute Gasteiger partial charge is 0.196 e. The van der Waals surface area contributed by atoms with E-state index in [1.54, 1.807) is 20.4 Å². The van der Waals surface area contributed by atoms with E-state index in [-0.39, 0.29) is 12.6 Å². The van der Waals surface area contributed by atoms with E-state index in [4.69, 9.17) is 18.9 Å². The molecular formula is C15H19NO4. The lowest BCUT2D eigenvalue weighted by atomic mass is 10.2. The number of ether oxygens (including phenoxy) is 4. The first-order valence-corrected chi connectivity index (χ1v) is 6.41. The highest BCUT2D eigenvalue weighted by Gasteiger charge is 2.13. The van der Waals surface area contributed by atoms with Crippen molar-refractivity contribution >= 4 is 10.9 Å². The molecule has 1 aromatic heterocycles. The maximum absolute atomic E-state index is 5.72. The van der Waals surface area contributed by atoms with Crippen LogP contribution in [0.3, 0.4) is 0 Å². The Labute approximate surface area is 118 Å². The summed E-state index contributed by atoms with van der Waals surface area (Å²) in [5, 5.41) is 0.975. The van der Waals surface area contributed by atoms with Gasteiger partial charge in [0.1, 0.15) is 0 Å². The molecule has 5 nitrogen and oxygen atoms in total. The van der Waals surface area contributed by atoms with Gasteiger partial charge in [0.15, 0.2) is 24.1 Å². The summed E-state index contributed by atoms with van der Waals surface area (Å²) >= 11 is 0. The second-order valence-electron chi connectivity index (χ2n) is 4.34. The Morgan fingerprint density at radius 2 is 1.55 bits per heavy atom. The largest absolute Gasteiger partial charge is 0.461 e. The maximum Gasteiger partial charge on any atom is 0.196 e. The zero-order valence-corrected chi connectivity index (χ0v) is 12.1. The van der Waals surface area contributed by atoms with Crippen LogP contribution in [0.1, 0.15) is 13.8 Å². The minimum atomic E-state index is -0.378. The summed E-state index contributed by atoms with van der Waals surface area (Å²) in [6.07, 6.45) is 0.991. The predicted molar refractivity (Wildman–Crippen MR) is 75.9 cm³/mol. The second-order valence-corrected chi connectivity index (χ2v) is 4.34. The molecule has 0 bridgehead atoms. The molecule has 108 valence electrons. The summed E-state index contributed by atoms with van der Waals surface area (Å²) in [7, 11) is 3.17. The molecule has 0 saturated carbocycles. The molecule has 2 atom stereocenters. The molecule has 0 radical (unpaired) electrons. The Morgan fingerprint density at radius 1 is 0.950 bits per heavy atom. The molecule has 0 fully saturated rings. The Kier molecular flexibility index (Phi) is 4.76. The molecule has 1 aromatic carbocycles. The van der Waals surface area contributed by atoms with Crippen LogP contribution in [0.25, 0.3) is 10.9 Å². The number of nitrogens with zero attached hydrogens (tertiary/aromatic N) is 1. The number of hydrogen-bond acceptors (Lipinski definition) is 5. The monoisotopic (exact) mass is 277 g/mol. The summed E-state index contributed by atoms with van der Waals surface area (Å²) in [5.41, 5.74) is 0.836. The first-order valence-electron chi connectivity index (χ1n) is 6.41. The fourth-order valence-corrected chi connectivity index (χ4v) is 1.72. The number of rotatable bonds is 6.